The number of nitrogens with zero attached hydrogens (tertiary/aromatic N) is 1. The van der Waals surface area contributed by atoms with E-state index in [4.69, 9.17) is 10.5 Å². The molecule has 2 N–H and O–H groups in total. The van der Waals surface area contributed by atoms with Crippen molar-refractivity contribution in [2.24, 2.45) is 5.73 Å². The van der Waals surface area contributed by atoms with Gasteiger partial charge in [0.15, 0.2) is 11.6 Å². The lowest BCUT2D eigenvalue weighted by molar-refractivity contribution is -0.143. The fourth-order valence-electron chi connectivity index (χ4n) is 1.94. The monoisotopic (exact) mass is 362 g/mol. The van der Waals surface area contributed by atoms with Crippen molar-refractivity contribution in [1.82, 2.24) is 4.98 Å². The molecule has 0 bridgehead atoms. The van der Waals surface area contributed by atoms with Crippen molar-refractivity contribution in [2.75, 3.05) is 6.54 Å². The number of aromatic nitrogens is 1. The molecule has 23 heavy (non-hydrogen) atoms. The summed E-state index contributed by atoms with van der Waals surface area (Å²) in [5.74, 6) is -2.56. The van der Waals surface area contributed by atoms with Crippen LogP contribution in [-0.4, -0.2) is 17.5 Å². The molecule has 0 spiro atoms. The molecule has 0 fully saturated rings. The van der Waals surface area contributed by atoms with Crippen LogP contribution >= 0.6 is 23.7 Å². The molecule has 0 saturated carbocycles. The summed E-state index contributed by atoms with van der Waals surface area (Å²) in [7, 11) is 0. The lowest BCUT2D eigenvalue weighted by Gasteiger charge is -2.08. The fraction of sp³-hybridized carbons (Fsp3) is 0.333. The highest BCUT2D eigenvalue weighted by atomic mass is 35.5. The SMILES string of the molecule is Cc1nc(CCc2ccc(COC(=O)CN)c(F)c2F)cs1.Cl. The first-order chi connectivity index (χ1) is 10.5. The van der Waals surface area contributed by atoms with E-state index >= 15 is 0 Å². The first-order valence-electron chi connectivity index (χ1n) is 6.73. The van der Waals surface area contributed by atoms with E-state index in [1.807, 2.05) is 12.3 Å². The van der Waals surface area contributed by atoms with Gasteiger partial charge in [0.1, 0.15) is 6.61 Å². The van der Waals surface area contributed by atoms with Crippen LogP contribution in [0.5, 0.6) is 0 Å². The zero-order valence-electron chi connectivity index (χ0n) is 12.5. The van der Waals surface area contributed by atoms with Crippen LogP contribution in [0.3, 0.4) is 0 Å². The van der Waals surface area contributed by atoms with Gasteiger partial charge < -0.3 is 10.5 Å². The van der Waals surface area contributed by atoms with E-state index in [0.717, 1.165) is 10.7 Å². The Bertz CT molecular complexity index is 679. The number of rotatable bonds is 6. The minimum Gasteiger partial charge on any atom is -0.460 e. The molecule has 0 atom stereocenters. The highest BCUT2D eigenvalue weighted by Gasteiger charge is 2.15. The third-order valence-electron chi connectivity index (χ3n) is 3.11. The second kappa shape index (κ2) is 8.90. The molecule has 126 valence electrons. The molecule has 2 rings (SSSR count). The Labute approximate surface area is 143 Å². The molecule has 0 aliphatic rings. The number of benzene rings is 1. The standard InChI is InChI=1S/C15H16F2N2O2S.ClH/c1-9-19-12(8-22-9)5-4-10-2-3-11(15(17)14(10)16)7-21-13(20)6-18;/h2-3,8H,4-7,18H2,1H3;1H. The number of carbonyl (C=O) groups is 1. The van der Waals surface area contributed by atoms with Crippen molar-refractivity contribution >= 4 is 29.7 Å². The number of ether oxygens (including phenoxy) is 1. The Morgan fingerprint density at radius 2 is 1.91 bits per heavy atom. The zero-order chi connectivity index (χ0) is 16.1. The molecular formula is C15H17ClF2N2O2S. The molecule has 0 aliphatic carbocycles. The highest BCUT2D eigenvalue weighted by Crippen LogP contribution is 2.19. The van der Waals surface area contributed by atoms with Gasteiger partial charge in [-0.15, -0.1) is 23.7 Å². The summed E-state index contributed by atoms with van der Waals surface area (Å²) in [6, 6.07) is 2.92. The molecule has 1 aromatic heterocycles. The normalized spacial score (nSPS) is 10.3. The smallest absolute Gasteiger partial charge is 0.320 e. The second-order valence-electron chi connectivity index (χ2n) is 4.73. The van der Waals surface area contributed by atoms with Crippen LogP contribution in [0.25, 0.3) is 0 Å². The van der Waals surface area contributed by atoms with Gasteiger partial charge in [-0.25, -0.2) is 13.8 Å². The number of esters is 1. The van der Waals surface area contributed by atoms with Crippen molar-refractivity contribution in [3.8, 4) is 0 Å². The van der Waals surface area contributed by atoms with Crippen LogP contribution in [0.15, 0.2) is 17.5 Å². The van der Waals surface area contributed by atoms with Gasteiger partial charge in [0.05, 0.1) is 17.2 Å². The van der Waals surface area contributed by atoms with Crippen LogP contribution in [0.2, 0.25) is 0 Å². The highest BCUT2D eigenvalue weighted by molar-refractivity contribution is 7.09. The van der Waals surface area contributed by atoms with Crippen LogP contribution in [0, 0.1) is 18.6 Å². The van der Waals surface area contributed by atoms with E-state index in [0.29, 0.717) is 12.8 Å². The summed E-state index contributed by atoms with van der Waals surface area (Å²) in [4.78, 5) is 15.2. The molecule has 4 nitrogen and oxygen atoms in total. The largest absolute Gasteiger partial charge is 0.460 e. The van der Waals surface area contributed by atoms with Gasteiger partial charge >= 0.3 is 5.97 Å². The van der Waals surface area contributed by atoms with Gasteiger partial charge in [-0.3, -0.25) is 4.79 Å². The molecule has 1 heterocycles. The molecule has 1 aromatic carbocycles. The summed E-state index contributed by atoms with van der Waals surface area (Å²) in [6.45, 7) is 1.27. The Morgan fingerprint density at radius 1 is 1.26 bits per heavy atom. The van der Waals surface area contributed by atoms with Crippen molar-refractivity contribution in [3.05, 3.63) is 51.0 Å². The van der Waals surface area contributed by atoms with E-state index in [9.17, 15) is 13.6 Å². The van der Waals surface area contributed by atoms with Gasteiger partial charge in [-0.1, -0.05) is 12.1 Å². The number of thiazole rings is 1. The number of hydrogen-bond donors (Lipinski definition) is 1. The maximum absolute atomic E-state index is 14.0. The average Bonchev–Trinajstić information content (AvgIpc) is 2.93. The first kappa shape index (κ1) is 19.5. The summed E-state index contributed by atoms with van der Waals surface area (Å²) in [6.07, 6.45) is 0.900. The summed E-state index contributed by atoms with van der Waals surface area (Å²) >= 11 is 1.52. The van der Waals surface area contributed by atoms with Gasteiger partial charge in [0, 0.05) is 10.9 Å². The minimum absolute atomic E-state index is 0. The topological polar surface area (TPSA) is 65.2 Å². The van der Waals surface area contributed by atoms with Crippen molar-refractivity contribution in [2.45, 2.75) is 26.4 Å². The van der Waals surface area contributed by atoms with Crippen molar-refractivity contribution < 1.29 is 18.3 Å². The molecule has 2 aromatic rings. The van der Waals surface area contributed by atoms with Crippen LogP contribution in [0.4, 0.5) is 8.78 Å². The van der Waals surface area contributed by atoms with Gasteiger partial charge in [0.2, 0.25) is 0 Å². The van der Waals surface area contributed by atoms with Gasteiger partial charge in [-0.2, -0.15) is 0 Å². The number of hydrogen-bond acceptors (Lipinski definition) is 5. The maximum Gasteiger partial charge on any atom is 0.320 e. The Morgan fingerprint density at radius 3 is 2.52 bits per heavy atom. The summed E-state index contributed by atoms with van der Waals surface area (Å²) in [5, 5.41) is 2.85. The minimum atomic E-state index is -0.989. The van der Waals surface area contributed by atoms with Crippen LogP contribution < -0.4 is 5.73 Å². The predicted molar refractivity (Wildman–Crippen MR) is 86.7 cm³/mol. The van der Waals surface area contributed by atoms with E-state index in [2.05, 4.69) is 4.98 Å². The molecule has 8 heteroatoms. The van der Waals surface area contributed by atoms with E-state index in [1.165, 1.54) is 23.5 Å². The molecule has 0 radical (unpaired) electrons. The number of carbonyl (C=O) groups excluding carboxylic acids is 1. The molecule has 0 saturated heterocycles. The molecule has 0 aliphatic heterocycles. The number of halogens is 3. The first-order valence-corrected chi connectivity index (χ1v) is 7.61. The van der Waals surface area contributed by atoms with E-state index < -0.39 is 17.6 Å². The second-order valence-corrected chi connectivity index (χ2v) is 5.80. The third kappa shape index (κ3) is 5.23. The van der Waals surface area contributed by atoms with Crippen LogP contribution in [-0.2, 0) is 29.0 Å². The Balaban J connectivity index is 0.00000264. The Kier molecular flexibility index (Phi) is 7.54. The summed E-state index contributed by atoms with van der Waals surface area (Å²) in [5.41, 5.74) is 6.21. The molecular weight excluding hydrogens is 346 g/mol. The van der Waals surface area contributed by atoms with Gasteiger partial charge in [0.25, 0.3) is 0 Å². The fourth-order valence-corrected chi connectivity index (χ4v) is 2.58. The summed E-state index contributed by atoms with van der Waals surface area (Å²) < 4.78 is 32.7. The predicted octanol–water partition coefficient (Wildman–Crippen LogP) is 2.94. The van der Waals surface area contributed by atoms with Gasteiger partial charge in [-0.05, 0) is 25.3 Å². The average molecular weight is 363 g/mol. The maximum atomic E-state index is 14.0. The Hall–Kier alpha value is -1.57. The number of aryl methyl sites for hydroxylation is 3. The van der Waals surface area contributed by atoms with Crippen molar-refractivity contribution in [1.29, 1.82) is 0 Å². The lowest BCUT2D eigenvalue weighted by atomic mass is 10.0. The third-order valence-corrected chi connectivity index (χ3v) is 3.94. The molecule has 0 amide bonds. The molecule has 0 unspecified atom stereocenters. The van der Waals surface area contributed by atoms with Crippen molar-refractivity contribution in [3.63, 3.8) is 0 Å². The van der Waals surface area contributed by atoms with E-state index in [-0.39, 0.29) is 36.7 Å². The number of nitrogens with two attached hydrogens (primary N) is 1. The van der Waals surface area contributed by atoms with Crippen LogP contribution in [0.1, 0.15) is 21.8 Å². The quantitative estimate of drug-likeness (QED) is 0.802. The zero-order valence-corrected chi connectivity index (χ0v) is 14.1. The van der Waals surface area contributed by atoms with E-state index in [1.54, 1.807) is 0 Å². The lowest BCUT2D eigenvalue weighted by Crippen LogP contribution is -2.17.